The van der Waals surface area contributed by atoms with Crippen LogP contribution in [0.2, 0.25) is 5.02 Å². The summed E-state index contributed by atoms with van der Waals surface area (Å²) in [6, 6.07) is 5.05. The molecule has 1 unspecified atom stereocenters. The Balaban J connectivity index is 2.16. The highest BCUT2D eigenvalue weighted by Crippen LogP contribution is 2.24. The van der Waals surface area contributed by atoms with E-state index in [0.717, 1.165) is 11.4 Å². The van der Waals surface area contributed by atoms with E-state index in [4.69, 9.17) is 11.6 Å². The van der Waals surface area contributed by atoms with Crippen molar-refractivity contribution in [1.29, 1.82) is 0 Å². The van der Waals surface area contributed by atoms with Gasteiger partial charge in [0.2, 0.25) is 0 Å². The summed E-state index contributed by atoms with van der Waals surface area (Å²) in [5.74, 6) is -0.134. The van der Waals surface area contributed by atoms with Gasteiger partial charge in [-0.2, -0.15) is 0 Å². The van der Waals surface area contributed by atoms with Crippen LogP contribution in [0.25, 0.3) is 0 Å². The zero-order valence-electron chi connectivity index (χ0n) is 10.2. The van der Waals surface area contributed by atoms with Crippen molar-refractivity contribution in [3.05, 3.63) is 49.8 Å². The van der Waals surface area contributed by atoms with Crippen LogP contribution in [0.4, 0.5) is 0 Å². The third-order valence-electron chi connectivity index (χ3n) is 2.64. The highest BCUT2D eigenvalue weighted by atomic mass is 79.9. The number of carbonyl (C=O) groups excluding carboxylic acids is 1. The Morgan fingerprint density at radius 1 is 1.58 bits per heavy atom. The Hall–Kier alpha value is -0.910. The quantitative estimate of drug-likeness (QED) is 0.877. The number of nitrogens with zero attached hydrogens (tertiary/aromatic N) is 1. The van der Waals surface area contributed by atoms with Crippen molar-refractivity contribution < 1.29 is 4.79 Å². The van der Waals surface area contributed by atoms with Crippen molar-refractivity contribution in [2.75, 3.05) is 0 Å². The van der Waals surface area contributed by atoms with E-state index in [1.165, 1.54) is 0 Å². The largest absolute Gasteiger partial charge is 0.343 e. The van der Waals surface area contributed by atoms with Crippen LogP contribution in [-0.4, -0.2) is 10.9 Å². The SMILES string of the molecule is CCC(NC(=O)c1ccc(Cl)cc1Br)c1nccs1. The zero-order chi connectivity index (χ0) is 13.8. The van der Waals surface area contributed by atoms with Crippen molar-refractivity contribution in [2.45, 2.75) is 19.4 Å². The number of halogens is 2. The van der Waals surface area contributed by atoms with E-state index in [2.05, 4.69) is 26.2 Å². The van der Waals surface area contributed by atoms with E-state index < -0.39 is 0 Å². The molecule has 0 saturated carbocycles. The fourth-order valence-electron chi connectivity index (χ4n) is 1.65. The molecule has 0 aliphatic heterocycles. The molecule has 1 aromatic carbocycles. The number of carbonyl (C=O) groups is 1. The molecule has 1 atom stereocenters. The Morgan fingerprint density at radius 2 is 2.37 bits per heavy atom. The van der Waals surface area contributed by atoms with E-state index in [-0.39, 0.29) is 11.9 Å². The molecule has 0 aliphatic carbocycles. The second-order valence-corrected chi connectivity index (χ2v) is 6.15. The van der Waals surface area contributed by atoms with E-state index >= 15 is 0 Å². The number of hydrogen-bond acceptors (Lipinski definition) is 3. The van der Waals surface area contributed by atoms with Crippen molar-refractivity contribution in [2.24, 2.45) is 0 Å². The van der Waals surface area contributed by atoms with Gasteiger partial charge in [0.1, 0.15) is 5.01 Å². The highest BCUT2D eigenvalue weighted by Gasteiger charge is 2.17. The average Bonchev–Trinajstić information content (AvgIpc) is 2.89. The number of aromatic nitrogens is 1. The zero-order valence-corrected chi connectivity index (χ0v) is 13.3. The summed E-state index contributed by atoms with van der Waals surface area (Å²) in [5.41, 5.74) is 0.569. The minimum Gasteiger partial charge on any atom is -0.343 e. The van der Waals surface area contributed by atoms with Gasteiger partial charge in [-0.05, 0) is 40.5 Å². The maximum atomic E-state index is 12.2. The molecule has 6 heteroatoms. The van der Waals surface area contributed by atoms with Gasteiger partial charge >= 0.3 is 0 Å². The molecule has 2 rings (SSSR count). The van der Waals surface area contributed by atoms with Crippen molar-refractivity contribution in [1.82, 2.24) is 10.3 Å². The van der Waals surface area contributed by atoms with Crippen LogP contribution in [0.3, 0.4) is 0 Å². The van der Waals surface area contributed by atoms with Crippen LogP contribution in [-0.2, 0) is 0 Å². The fraction of sp³-hybridized carbons (Fsp3) is 0.231. The number of amides is 1. The molecule has 1 aromatic heterocycles. The molecule has 100 valence electrons. The number of hydrogen-bond donors (Lipinski definition) is 1. The third-order valence-corrected chi connectivity index (χ3v) is 4.42. The van der Waals surface area contributed by atoms with Gasteiger partial charge in [-0.3, -0.25) is 4.79 Å². The molecule has 1 amide bonds. The molecule has 0 saturated heterocycles. The van der Waals surface area contributed by atoms with Gasteiger partial charge < -0.3 is 5.32 Å². The normalized spacial score (nSPS) is 12.2. The molecule has 0 fully saturated rings. The smallest absolute Gasteiger partial charge is 0.252 e. The second kappa shape index (κ2) is 6.50. The predicted octanol–water partition coefficient (Wildman–Crippen LogP) is 4.44. The lowest BCUT2D eigenvalue weighted by atomic mass is 10.1. The van der Waals surface area contributed by atoms with Gasteiger partial charge in [-0.1, -0.05) is 18.5 Å². The third kappa shape index (κ3) is 3.55. The maximum absolute atomic E-state index is 12.2. The first kappa shape index (κ1) is 14.5. The Morgan fingerprint density at radius 3 is 2.95 bits per heavy atom. The summed E-state index contributed by atoms with van der Waals surface area (Å²) in [7, 11) is 0. The van der Waals surface area contributed by atoms with E-state index in [1.54, 1.807) is 35.7 Å². The standard InChI is InChI=1S/C13H12BrClN2OS/c1-2-11(13-16-5-6-19-13)17-12(18)9-4-3-8(15)7-10(9)14/h3-7,11H,2H2,1H3,(H,17,18). The average molecular weight is 360 g/mol. The van der Waals surface area contributed by atoms with Crippen LogP contribution in [0, 0.1) is 0 Å². The molecule has 1 N–H and O–H groups in total. The van der Waals surface area contributed by atoms with Crippen LogP contribution >= 0.6 is 38.9 Å². The molecule has 0 spiro atoms. The Bertz CT molecular complexity index is 574. The van der Waals surface area contributed by atoms with Gasteiger partial charge in [0.25, 0.3) is 5.91 Å². The van der Waals surface area contributed by atoms with E-state index in [0.29, 0.717) is 15.1 Å². The van der Waals surface area contributed by atoms with Crippen LogP contribution in [0.1, 0.15) is 34.8 Å². The lowest BCUT2D eigenvalue weighted by molar-refractivity contribution is 0.0934. The molecule has 1 heterocycles. The molecular weight excluding hydrogens is 348 g/mol. The lowest BCUT2D eigenvalue weighted by Crippen LogP contribution is -2.28. The van der Waals surface area contributed by atoms with Crippen LogP contribution in [0.15, 0.2) is 34.2 Å². The Kier molecular flexibility index (Phi) is 4.96. The van der Waals surface area contributed by atoms with Crippen molar-refractivity contribution >= 4 is 44.8 Å². The summed E-state index contributed by atoms with van der Waals surface area (Å²) in [4.78, 5) is 16.5. The number of rotatable bonds is 4. The van der Waals surface area contributed by atoms with Gasteiger partial charge in [0, 0.05) is 21.1 Å². The molecule has 19 heavy (non-hydrogen) atoms. The first-order valence-corrected chi connectivity index (χ1v) is 7.82. The number of nitrogens with one attached hydrogen (secondary N) is 1. The molecule has 2 aromatic rings. The predicted molar refractivity (Wildman–Crippen MR) is 81.8 cm³/mol. The first-order chi connectivity index (χ1) is 9.11. The molecule has 0 aliphatic rings. The summed E-state index contributed by atoms with van der Waals surface area (Å²) >= 11 is 10.8. The maximum Gasteiger partial charge on any atom is 0.252 e. The topological polar surface area (TPSA) is 42.0 Å². The van der Waals surface area contributed by atoms with Gasteiger partial charge in [0.05, 0.1) is 11.6 Å². The minimum atomic E-state index is -0.134. The van der Waals surface area contributed by atoms with Crippen molar-refractivity contribution in [3.63, 3.8) is 0 Å². The summed E-state index contributed by atoms with van der Waals surface area (Å²) in [6.07, 6.45) is 2.54. The minimum absolute atomic E-state index is 0.0601. The highest BCUT2D eigenvalue weighted by molar-refractivity contribution is 9.10. The van der Waals surface area contributed by atoms with Crippen molar-refractivity contribution in [3.8, 4) is 0 Å². The van der Waals surface area contributed by atoms with Crippen LogP contribution in [0.5, 0.6) is 0 Å². The second-order valence-electron chi connectivity index (χ2n) is 3.93. The lowest BCUT2D eigenvalue weighted by Gasteiger charge is -2.15. The number of benzene rings is 1. The van der Waals surface area contributed by atoms with Gasteiger partial charge in [-0.15, -0.1) is 11.3 Å². The fourth-order valence-corrected chi connectivity index (χ4v) is 3.29. The Labute approximate surface area is 129 Å². The van der Waals surface area contributed by atoms with Gasteiger partial charge in [-0.25, -0.2) is 4.98 Å². The summed E-state index contributed by atoms with van der Waals surface area (Å²) in [5, 5.41) is 6.40. The summed E-state index contributed by atoms with van der Waals surface area (Å²) in [6.45, 7) is 2.02. The molecule has 0 bridgehead atoms. The van der Waals surface area contributed by atoms with E-state index in [9.17, 15) is 4.79 Å². The molecule has 3 nitrogen and oxygen atoms in total. The van der Waals surface area contributed by atoms with Crippen LogP contribution < -0.4 is 5.32 Å². The number of thiazole rings is 1. The first-order valence-electron chi connectivity index (χ1n) is 5.77. The van der Waals surface area contributed by atoms with E-state index in [1.807, 2.05) is 12.3 Å². The summed E-state index contributed by atoms with van der Waals surface area (Å²) < 4.78 is 0.687. The molecular formula is C13H12BrClN2OS. The van der Waals surface area contributed by atoms with Gasteiger partial charge in [0.15, 0.2) is 0 Å². The monoisotopic (exact) mass is 358 g/mol. The molecule has 0 radical (unpaired) electrons.